The lowest BCUT2D eigenvalue weighted by molar-refractivity contribution is -0.162. The van der Waals surface area contributed by atoms with Crippen LogP contribution in [0.1, 0.15) is 31.2 Å². The van der Waals surface area contributed by atoms with Crippen molar-refractivity contribution in [3.8, 4) is 5.75 Å². The lowest BCUT2D eigenvalue weighted by Gasteiger charge is -2.54. The quantitative estimate of drug-likeness (QED) is 0.813. The van der Waals surface area contributed by atoms with E-state index >= 15 is 0 Å². The van der Waals surface area contributed by atoms with Gasteiger partial charge in [-0.1, -0.05) is 18.2 Å². The molecule has 0 spiro atoms. The maximum Gasteiger partial charge on any atom is 0.246 e. The first kappa shape index (κ1) is 17.0. The molecule has 4 aliphatic rings. The van der Waals surface area contributed by atoms with Crippen molar-refractivity contribution in [1.29, 1.82) is 0 Å². The van der Waals surface area contributed by atoms with Gasteiger partial charge in [-0.05, 0) is 37.8 Å². The number of fused-ring (bicyclic) bond motifs is 5. The number of hydrogen-bond acceptors (Lipinski definition) is 4. The van der Waals surface area contributed by atoms with E-state index in [1.165, 1.54) is 0 Å². The number of rotatable bonds is 1. The number of nitrogens with zero attached hydrogens (tertiary/aromatic N) is 2. The summed E-state index contributed by atoms with van der Waals surface area (Å²) in [6.07, 6.45) is 3.62. The molecule has 144 valence electrons. The largest absolute Gasteiger partial charge is 0.491 e. The summed E-state index contributed by atoms with van der Waals surface area (Å²) >= 11 is 0. The minimum Gasteiger partial charge on any atom is -0.491 e. The van der Waals surface area contributed by atoms with Crippen LogP contribution in [-0.4, -0.2) is 59.9 Å². The Labute approximate surface area is 159 Å². The first-order valence-electron chi connectivity index (χ1n) is 10.2. The number of nitrogens with one attached hydrogen (secondary N) is 1. The van der Waals surface area contributed by atoms with Crippen molar-refractivity contribution in [3.05, 3.63) is 29.8 Å². The van der Waals surface area contributed by atoms with Crippen molar-refractivity contribution in [1.82, 2.24) is 15.1 Å². The number of benzene rings is 1. The zero-order chi connectivity index (χ0) is 18.4. The molecule has 6 heteroatoms. The van der Waals surface area contributed by atoms with Gasteiger partial charge in [0.25, 0.3) is 0 Å². The van der Waals surface area contributed by atoms with Crippen LogP contribution in [0.4, 0.5) is 0 Å². The van der Waals surface area contributed by atoms with E-state index in [9.17, 15) is 9.59 Å². The molecule has 5 rings (SSSR count). The van der Waals surface area contributed by atoms with Crippen molar-refractivity contribution < 1.29 is 14.3 Å². The van der Waals surface area contributed by atoms with E-state index in [1.54, 1.807) is 0 Å². The fraction of sp³-hybridized carbons (Fsp3) is 0.619. The maximum atomic E-state index is 13.7. The van der Waals surface area contributed by atoms with E-state index in [1.807, 2.05) is 34.1 Å². The molecule has 1 aromatic rings. The van der Waals surface area contributed by atoms with E-state index in [-0.39, 0.29) is 29.8 Å². The molecule has 3 saturated heterocycles. The average Bonchev–Trinajstić information content (AvgIpc) is 2.91. The third-order valence-corrected chi connectivity index (χ3v) is 6.76. The SMILES string of the molecule is O=C([C@H]1[C@@H]2CNC[C@@H](C2)[C@@H]2CCCC(=O)N21)N1CCOc2ccccc2C1. The zero-order valence-corrected chi connectivity index (χ0v) is 15.6. The van der Waals surface area contributed by atoms with Crippen LogP contribution in [0.25, 0.3) is 0 Å². The highest BCUT2D eigenvalue weighted by atomic mass is 16.5. The third kappa shape index (κ3) is 2.90. The second-order valence-corrected chi connectivity index (χ2v) is 8.34. The van der Waals surface area contributed by atoms with Crippen molar-refractivity contribution >= 4 is 11.8 Å². The molecule has 1 aromatic carbocycles. The molecule has 0 unspecified atom stereocenters. The minimum atomic E-state index is -0.322. The molecule has 2 bridgehead atoms. The van der Waals surface area contributed by atoms with Crippen LogP contribution < -0.4 is 10.1 Å². The number of carbonyl (C=O) groups is 2. The zero-order valence-electron chi connectivity index (χ0n) is 15.6. The summed E-state index contributed by atoms with van der Waals surface area (Å²) in [5.41, 5.74) is 1.04. The maximum absolute atomic E-state index is 13.7. The molecular formula is C21H27N3O3. The van der Waals surface area contributed by atoms with E-state index in [2.05, 4.69) is 5.32 Å². The van der Waals surface area contributed by atoms with E-state index < -0.39 is 0 Å². The van der Waals surface area contributed by atoms with Crippen LogP contribution in [0.2, 0.25) is 0 Å². The molecular weight excluding hydrogens is 342 g/mol. The van der Waals surface area contributed by atoms with Gasteiger partial charge in [-0.2, -0.15) is 0 Å². The number of carbonyl (C=O) groups excluding carboxylic acids is 2. The van der Waals surface area contributed by atoms with Crippen molar-refractivity contribution in [2.24, 2.45) is 11.8 Å². The topological polar surface area (TPSA) is 61.9 Å². The smallest absolute Gasteiger partial charge is 0.246 e. The van der Waals surface area contributed by atoms with Gasteiger partial charge in [0.2, 0.25) is 11.8 Å². The van der Waals surface area contributed by atoms with Crippen LogP contribution >= 0.6 is 0 Å². The van der Waals surface area contributed by atoms with Crippen LogP contribution in [-0.2, 0) is 16.1 Å². The molecule has 2 amide bonds. The van der Waals surface area contributed by atoms with Crippen LogP contribution in [0.15, 0.2) is 24.3 Å². The fourth-order valence-corrected chi connectivity index (χ4v) is 5.53. The van der Waals surface area contributed by atoms with Gasteiger partial charge < -0.3 is 19.9 Å². The summed E-state index contributed by atoms with van der Waals surface area (Å²) in [7, 11) is 0. The Hall–Kier alpha value is -2.08. The van der Waals surface area contributed by atoms with Crippen molar-refractivity contribution in [2.75, 3.05) is 26.2 Å². The van der Waals surface area contributed by atoms with Gasteiger partial charge in [0.15, 0.2) is 0 Å². The lowest BCUT2D eigenvalue weighted by atomic mass is 9.72. The Balaban J connectivity index is 1.44. The summed E-state index contributed by atoms with van der Waals surface area (Å²) in [6, 6.07) is 7.83. The summed E-state index contributed by atoms with van der Waals surface area (Å²) in [5.74, 6) is 1.84. The van der Waals surface area contributed by atoms with Crippen molar-refractivity contribution in [2.45, 2.75) is 44.3 Å². The molecule has 4 heterocycles. The highest BCUT2D eigenvalue weighted by Gasteiger charge is 2.51. The highest BCUT2D eigenvalue weighted by Crippen LogP contribution is 2.40. The number of para-hydroxylation sites is 1. The number of ether oxygens (including phenoxy) is 1. The van der Waals surface area contributed by atoms with Gasteiger partial charge in [-0.3, -0.25) is 9.59 Å². The number of amides is 2. The Bertz CT molecular complexity index is 752. The summed E-state index contributed by atoms with van der Waals surface area (Å²) in [4.78, 5) is 30.4. The molecule has 0 aromatic heterocycles. The summed E-state index contributed by atoms with van der Waals surface area (Å²) in [6.45, 7) is 3.42. The monoisotopic (exact) mass is 369 g/mol. The summed E-state index contributed by atoms with van der Waals surface area (Å²) in [5, 5.41) is 3.52. The van der Waals surface area contributed by atoms with E-state index in [0.29, 0.717) is 32.0 Å². The fourth-order valence-electron chi connectivity index (χ4n) is 5.53. The Morgan fingerprint density at radius 2 is 2.04 bits per heavy atom. The predicted octanol–water partition coefficient (Wildman–Crippen LogP) is 1.40. The van der Waals surface area contributed by atoms with E-state index in [4.69, 9.17) is 4.74 Å². The normalized spacial score (nSPS) is 32.8. The van der Waals surface area contributed by atoms with Crippen LogP contribution in [0, 0.1) is 11.8 Å². The molecule has 0 saturated carbocycles. The molecule has 27 heavy (non-hydrogen) atoms. The van der Waals surface area contributed by atoms with Gasteiger partial charge in [0.05, 0.1) is 6.54 Å². The minimum absolute atomic E-state index is 0.0997. The number of hydrogen-bond donors (Lipinski definition) is 1. The van der Waals surface area contributed by atoms with Crippen molar-refractivity contribution in [3.63, 3.8) is 0 Å². The van der Waals surface area contributed by atoms with Gasteiger partial charge in [-0.15, -0.1) is 0 Å². The van der Waals surface area contributed by atoms with Crippen LogP contribution in [0.5, 0.6) is 5.75 Å². The molecule has 0 radical (unpaired) electrons. The Morgan fingerprint density at radius 1 is 1.19 bits per heavy atom. The Kier molecular flexibility index (Phi) is 4.31. The average molecular weight is 369 g/mol. The molecule has 4 aliphatic heterocycles. The van der Waals surface area contributed by atoms with Gasteiger partial charge >= 0.3 is 0 Å². The molecule has 3 fully saturated rings. The molecule has 4 atom stereocenters. The lowest BCUT2D eigenvalue weighted by Crippen LogP contribution is -2.68. The number of piperidine rings is 3. The van der Waals surface area contributed by atoms with Gasteiger partial charge in [0, 0.05) is 37.0 Å². The van der Waals surface area contributed by atoms with Gasteiger partial charge in [-0.25, -0.2) is 0 Å². The molecule has 1 N–H and O–H groups in total. The third-order valence-electron chi connectivity index (χ3n) is 6.76. The second kappa shape index (κ2) is 6.82. The molecule has 0 aliphatic carbocycles. The predicted molar refractivity (Wildman–Crippen MR) is 100 cm³/mol. The second-order valence-electron chi connectivity index (χ2n) is 8.34. The molecule has 6 nitrogen and oxygen atoms in total. The standard InChI is InChI=1S/C21H27N3O3/c25-19-7-3-5-17-15-10-16(12-22-11-15)20(24(17)19)21(26)23-8-9-27-18-6-2-1-4-14(18)13-23/h1-2,4,6,15-17,20,22H,3,5,7-13H2/t15-,16+,17+,20-/m1/s1. The summed E-state index contributed by atoms with van der Waals surface area (Å²) < 4.78 is 5.84. The van der Waals surface area contributed by atoms with Crippen LogP contribution in [0.3, 0.4) is 0 Å². The Morgan fingerprint density at radius 3 is 2.96 bits per heavy atom. The highest BCUT2D eigenvalue weighted by molar-refractivity contribution is 5.89. The first-order chi connectivity index (χ1) is 13.2. The first-order valence-corrected chi connectivity index (χ1v) is 10.2. The van der Waals surface area contributed by atoms with Gasteiger partial charge in [0.1, 0.15) is 18.4 Å². The van der Waals surface area contributed by atoms with E-state index in [0.717, 1.165) is 43.7 Å².